The summed E-state index contributed by atoms with van der Waals surface area (Å²) >= 11 is 0. The fourth-order valence-electron chi connectivity index (χ4n) is 7.01. The van der Waals surface area contributed by atoms with E-state index in [0.29, 0.717) is 23.7 Å². The van der Waals surface area contributed by atoms with E-state index in [2.05, 4.69) is 13.8 Å². The second-order valence-corrected chi connectivity index (χ2v) is 11.4. The van der Waals surface area contributed by atoms with Crippen molar-refractivity contribution in [1.82, 2.24) is 0 Å². The second kappa shape index (κ2) is 9.16. The minimum absolute atomic E-state index is 0.0249. The first kappa shape index (κ1) is 25.2. The highest BCUT2D eigenvalue weighted by Crippen LogP contribution is 2.58. The molecule has 37 heavy (non-hydrogen) atoms. The molecule has 1 aromatic heterocycles. The van der Waals surface area contributed by atoms with Crippen LogP contribution in [-0.2, 0) is 16.0 Å². The third-order valence-corrected chi connectivity index (χ3v) is 9.20. The molecule has 1 fully saturated rings. The van der Waals surface area contributed by atoms with E-state index in [-0.39, 0.29) is 39.8 Å². The second-order valence-electron chi connectivity index (χ2n) is 11.4. The lowest BCUT2D eigenvalue weighted by molar-refractivity contribution is -0.157. The topological polar surface area (TPSA) is 93.8 Å². The Kier molecular flexibility index (Phi) is 6.25. The normalized spacial score (nSPS) is 27.2. The molecule has 0 unspecified atom stereocenters. The van der Waals surface area contributed by atoms with Crippen molar-refractivity contribution in [2.75, 3.05) is 7.11 Å². The third-order valence-electron chi connectivity index (χ3n) is 9.20. The molecule has 6 heteroatoms. The van der Waals surface area contributed by atoms with Crippen LogP contribution in [0.2, 0.25) is 0 Å². The molecule has 194 valence electrons. The zero-order valence-corrected chi connectivity index (χ0v) is 22.0. The number of ketones is 2. The molecule has 0 radical (unpaired) electrons. The molecule has 0 aliphatic heterocycles. The summed E-state index contributed by atoms with van der Waals surface area (Å²) in [7, 11) is 1.48. The third kappa shape index (κ3) is 4.16. The minimum atomic E-state index is -0.431. The van der Waals surface area contributed by atoms with Crippen molar-refractivity contribution in [3.8, 4) is 17.1 Å². The molecule has 0 saturated heterocycles. The summed E-state index contributed by atoms with van der Waals surface area (Å²) in [6, 6.07) is 4.75. The Bertz CT molecular complexity index is 1360. The summed E-state index contributed by atoms with van der Waals surface area (Å²) < 4.78 is 11.0. The number of methoxy groups -OCH3 is 1. The first-order chi connectivity index (χ1) is 17.6. The number of hydrogen-bond acceptors (Lipinski definition) is 6. The molecule has 1 N–H and O–H groups in total. The maximum absolute atomic E-state index is 12.7. The fourth-order valence-corrected chi connectivity index (χ4v) is 7.01. The largest absolute Gasteiger partial charge is 0.508 e. The number of ether oxygens (including phenoxy) is 1. The Balaban J connectivity index is 1.43. The highest BCUT2D eigenvalue weighted by atomic mass is 16.5. The number of carbonyl (C=O) groups is 3. The van der Waals surface area contributed by atoms with Gasteiger partial charge >= 0.3 is 5.97 Å². The van der Waals surface area contributed by atoms with Crippen LogP contribution in [0.4, 0.5) is 0 Å². The number of hydrogen-bond donors (Lipinski definition) is 1. The van der Waals surface area contributed by atoms with Crippen LogP contribution in [0.25, 0.3) is 11.3 Å². The van der Waals surface area contributed by atoms with Crippen molar-refractivity contribution in [2.24, 2.45) is 16.7 Å². The van der Waals surface area contributed by atoms with Crippen LogP contribution in [-0.4, -0.2) is 29.8 Å². The number of phenols is 1. The summed E-state index contributed by atoms with van der Waals surface area (Å²) in [5.74, 6) is 0.164. The Morgan fingerprint density at radius 1 is 1.11 bits per heavy atom. The van der Waals surface area contributed by atoms with E-state index in [4.69, 9.17) is 9.15 Å². The van der Waals surface area contributed by atoms with Gasteiger partial charge in [-0.2, -0.15) is 0 Å². The lowest BCUT2D eigenvalue weighted by Crippen LogP contribution is -2.45. The molecule has 3 aliphatic rings. The maximum atomic E-state index is 12.7. The number of allylic oxidation sites excluding steroid dienone is 4. The summed E-state index contributed by atoms with van der Waals surface area (Å²) in [4.78, 5) is 37.7. The van der Waals surface area contributed by atoms with Crippen LogP contribution in [0, 0.1) is 16.7 Å². The first-order valence-electron chi connectivity index (χ1n) is 13.1. The van der Waals surface area contributed by atoms with Crippen molar-refractivity contribution in [3.63, 3.8) is 0 Å². The standard InChI is InChI=1S/C31H34O6/c1-18-5-7-20-17-30(2,29(35)36-4)12-13-31(20,3)24(18)8-6-19-11-14-37-28(19)23-16-21(32)15-22-25(33)9-10-26(34)27(22)23/h9-11,14-16,20,32H,5-8,12-13,17H2,1-4H3/t20-,30-,31-/m0/s1. The number of carbonyl (C=O) groups excluding carboxylic acids is 3. The van der Waals surface area contributed by atoms with Crippen LogP contribution in [0.5, 0.6) is 5.75 Å². The van der Waals surface area contributed by atoms with Crippen molar-refractivity contribution in [3.05, 3.63) is 64.5 Å². The summed E-state index contributed by atoms with van der Waals surface area (Å²) in [5.41, 5.74) is 4.32. The Labute approximate surface area is 217 Å². The van der Waals surface area contributed by atoms with Gasteiger partial charge in [0, 0.05) is 16.7 Å². The van der Waals surface area contributed by atoms with Gasteiger partial charge in [0.05, 0.1) is 18.8 Å². The quantitative estimate of drug-likeness (QED) is 0.365. The van der Waals surface area contributed by atoms with Crippen molar-refractivity contribution in [1.29, 1.82) is 0 Å². The molecule has 3 aliphatic carbocycles. The van der Waals surface area contributed by atoms with Crippen LogP contribution in [0.1, 0.15) is 85.6 Å². The van der Waals surface area contributed by atoms with Gasteiger partial charge in [0.25, 0.3) is 0 Å². The van der Waals surface area contributed by atoms with Crippen LogP contribution in [0.3, 0.4) is 0 Å². The predicted molar refractivity (Wildman–Crippen MR) is 139 cm³/mol. The predicted octanol–water partition coefficient (Wildman–Crippen LogP) is 6.62. The fraction of sp³-hybridized carbons (Fsp3) is 0.452. The number of aromatic hydroxyl groups is 1. The van der Waals surface area contributed by atoms with Gasteiger partial charge in [0.2, 0.25) is 0 Å². The number of esters is 1. The Hall–Kier alpha value is -3.41. The van der Waals surface area contributed by atoms with Gasteiger partial charge in [-0.15, -0.1) is 0 Å². The smallest absolute Gasteiger partial charge is 0.311 e. The molecule has 0 spiro atoms. The molecule has 2 aromatic rings. The molecular weight excluding hydrogens is 468 g/mol. The highest BCUT2D eigenvalue weighted by molar-refractivity contribution is 6.24. The molecular formula is C31H34O6. The number of aryl methyl sites for hydroxylation is 1. The average Bonchev–Trinajstić information content (AvgIpc) is 3.34. The lowest BCUT2D eigenvalue weighted by atomic mass is 9.52. The van der Waals surface area contributed by atoms with E-state index in [9.17, 15) is 19.5 Å². The monoisotopic (exact) mass is 502 g/mol. The van der Waals surface area contributed by atoms with Crippen molar-refractivity contribution >= 4 is 17.5 Å². The number of furan rings is 1. The average molecular weight is 503 g/mol. The highest BCUT2D eigenvalue weighted by Gasteiger charge is 2.51. The van der Waals surface area contributed by atoms with Gasteiger partial charge in [-0.3, -0.25) is 14.4 Å². The lowest BCUT2D eigenvalue weighted by Gasteiger charge is -2.52. The van der Waals surface area contributed by atoms with Gasteiger partial charge in [-0.1, -0.05) is 18.1 Å². The zero-order valence-electron chi connectivity index (χ0n) is 22.0. The summed E-state index contributed by atoms with van der Waals surface area (Å²) in [6.07, 6.45) is 10.3. The Morgan fingerprint density at radius 3 is 2.59 bits per heavy atom. The van der Waals surface area contributed by atoms with Crippen molar-refractivity contribution < 1.29 is 28.6 Å². The SMILES string of the molecule is COC(=O)[C@@]1(C)CC[C@]2(C)C(CCc3ccoc3-c3cc(O)cc4c3C(=O)C=CC4=O)=C(C)CC[C@H]2C1. The summed E-state index contributed by atoms with van der Waals surface area (Å²) in [6.45, 7) is 6.62. The molecule has 0 amide bonds. The number of rotatable bonds is 5. The van der Waals surface area contributed by atoms with Gasteiger partial charge in [0.15, 0.2) is 11.6 Å². The molecule has 1 saturated carbocycles. The molecule has 6 nitrogen and oxygen atoms in total. The van der Waals surface area contributed by atoms with Crippen molar-refractivity contribution in [2.45, 2.75) is 65.7 Å². The van der Waals surface area contributed by atoms with E-state index < -0.39 is 5.41 Å². The minimum Gasteiger partial charge on any atom is -0.508 e. The molecule has 5 rings (SSSR count). The van der Waals surface area contributed by atoms with Gasteiger partial charge in [-0.25, -0.2) is 0 Å². The number of benzene rings is 1. The first-order valence-corrected chi connectivity index (χ1v) is 13.1. The van der Waals surface area contributed by atoms with Crippen LogP contribution >= 0.6 is 0 Å². The molecule has 0 bridgehead atoms. The van der Waals surface area contributed by atoms with Gasteiger partial charge in [0.1, 0.15) is 11.5 Å². The summed E-state index contributed by atoms with van der Waals surface area (Å²) in [5, 5.41) is 10.3. The van der Waals surface area contributed by atoms with E-state index in [0.717, 1.165) is 44.1 Å². The zero-order chi connectivity index (χ0) is 26.5. The molecule has 1 heterocycles. The van der Waals surface area contributed by atoms with E-state index in [1.165, 1.54) is 42.5 Å². The van der Waals surface area contributed by atoms with E-state index in [1.54, 1.807) is 6.26 Å². The van der Waals surface area contributed by atoms with Crippen LogP contribution < -0.4 is 0 Å². The van der Waals surface area contributed by atoms with Gasteiger partial charge < -0.3 is 14.3 Å². The number of phenolic OH excluding ortho intramolecular Hbond substituents is 1. The maximum Gasteiger partial charge on any atom is 0.311 e. The van der Waals surface area contributed by atoms with E-state index >= 15 is 0 Å². The number of fused-ring (bicyclic) bond motifs is 2. The van der Waals surface area contributed by atoms with Gasteiger partial charge in [-0.05, 0) is 106 Å². The molecule has 1 aromatic carbocycles. The van der Waals surface area contributed by atoms with Crippen LogP contribution in [0.15, 0.2) is 52.2 Å². The van der Waals surface area contributed by atoms with E-state index in [1.807, 2.05) is 13.0 Å². The molecule has 3 atom stereocenters. The Morgan fingerprint density at radius 2 is 1.84 bits per heavy atom.